The first-order valence-corrected chi connectivity index (χ1v) is 11.1. The van der Waals surface area contributed by atoms with E-state index in [-0.39, 0.29) is 0 Å². The highest BCUT2D eigenvalue weighted by molar-refractivity contribution is 7.97. The van der Waals surface area contributed by atoms with E-state index >= 15 is 0 Å². The molecule has 0 unspecified atom stereocenters. The van der Waals surface area contributed by atoms with Gasteiger partial charge in [0.05, 0.1) is 12.0 Å². The highest BCUT2D eigenvalue weighted by Crippen LogP contribution is 2.13. The Labute approximate surface area is 110 Å². The standard InChI is InChI=1S/C12H24N2OSSi/c1-11-12(8-16-2)13-9-14(11)10-15-6-7-17(3,4)5/h9H,6-8,10H2,1-5H3. The second-order valence-corrected chi connectivity index (χ2v) is 12.0. The van der Waals surface area contributed by atoms with Crippen LogP contribution < -0.4 is 0 Å². The molecule has 0 N–H and O–H groups in total. The van der Waals surface area contributed by atoms with Gasteiger partial charge in [0.2, 0.25) is 0 Å². The van der Waals surface area contributed by atoms with E-state index in [1.54, 1.807) is 11.8 Å². The van der Waals surface area contributed by atoms with Gasteiger partial charge >= 0.3 is 0 Å². The van der Waals surface area contributed by atoms with Crippen molar-refractivity contribution in [2.75, 3.05) is 12.9 Å². The molecule has 17 heavy (non-hydrogen) atoms. The molecule has 98 valence electrons. The Bertz CT molecular complexity index is 347. The number of rotatable bonds is 7. The first-order chi connectivity index (χ1) is 7.94. The molecular formula is C12H24N2OSSi. The molecule has 1 aromatic rings. The fourth-order valence-electron chi connectivity index (χ4n) is 1.44. The number of imidazole rings is 1. The lowest BCUT2D eigenvalue weighted by Crippen LogP contribution is -2.22. The molecule has 0 amide bonds. The van der Waals surface area contributed by atoms with Crippen LogP contribution in [0.15, 0.2) is 6.33 Å². The average Bonchev–Trinajstić information content (AvgIpc) is 2.55. The van der Waals surface area contributed by atoms with Crippen LogP contribution >= 0.6 is 11.8 Å². The molecule has 0 aliphatic heterocycles. The van der Waals surface area contributed by atoms with Gasteiger partial charge in [-0.05, 0) is 19.2 Å². The summed E-state index contributed by atoms with van der Waals surface area (Å²) in [5, 5.41) is 0. The fourth-order valence-corrected chi connectivity index (χ4v) is 2.75. The summed E-state index contributed by atoms with van der Waals surface area (Å²) in [7, 11) is -0.970. The zero-order valence-electron chi connectivity index (χ0n) is 11.6. The number of nitrogens with zero attached hydrogens (tertiary/aromatic N) is 2. The van der Waals surface area contributed by atoms with Crippen molar-refractivity contribution in [1.82, 2.24) is 9.55 Å². The SMILES string of the molecule is CSCc1ncn(COCC[Si](C)(C)C)c1C. The lowest BCUT2D eigenvalue weighted by molar-refractivity contribution is 0.0858. The van der Waals surface area contributed by atoms with E-state index in [4.69, 9.17) is 4.74 Å². The van der Waals surface area contributed by atoms with Crippen LogP contribution in [0.2, 0.25) is 25.7 Å². The molecule has 0 saturated heterocycles. The summed E-state index contributed by atoms with van der Waals surface area (Å²) in [5.74, 6) is 0.980. The largest absolute Gasteiger partial charge is 0.361 e. The molecule has 1 heterocycles. The van der Waals surface area contributed by atoms with E-state index < -0.39 is 8.07 Å². The van der Waals surface area contributed by atoms with Gasteiger partial charge in [0.15, 0.2) is 0 Å². The number of thioether (sulfide) groups is 1. The fraction of sp³-hybridized carbons (Fsp3) is 0.750. The first-order valence-electron chi connectivity index (χ1n) is 6.01. The van der Waals surface area contributed by atoms with Crippen LogP contribution in [0.1, 0.15) is 11.4 Å². The Balaban J connectivity index is 2.37. The molecule has 0 fully saturated rings. The summed E-state index contributed by atoms with van der Waals surface area (Å²) in [6.45, 7) is 10.7. The Morgan fingerprint density at radius 2 is 2.12 bits per heavy atom. The van der Waals surface area contributed by atoms with Crippen molar-refractivity contribution in [3.8, 4) is 0 Å². The molecule has 0 bridgehead atoms. The second-order valence-electron chi connectivity index (χ2n) is 5.53. The van der Waals surface area contributed by atoms with E-state index in [1.165, 1.54) is 17.4 Å². The van der Waals surface area contributed by atoms with Gasteiger partial charge in [-0.1, -0.05) is 19.6 Å². The van der Waals surface area contributed by atoms with Gasteiger partial charge in [0, 0.05) is 26.1 Å². The van der Waals surface area contributed by atoms with E-state index in [1.807, 2.05) is 6.33 Å². The summed E-state index contributed by atoms with van der Waals surface area (Å²) in [6.07, 6.45) is 3.98. The Morgan fingerprint density at radius 3 is 2.71 bits per heavy atom. The normalized spacial score (nSPS) is 12.1. The lowest BCUT2D eigenvalue weighted by atomic mass is 10.4. The Hall–Kier alpha value is -0.263. The smallest absolute Gasteiger partial charge is 0.123 e. The topological polar surface area (TPSA) is 27.1 Å². The van der Waals surface area contributed by atoms with Crippen molar-refractivity contribution in [1.29, 1.82) is 0 Å². The maximum absolute atomic E-state index is 5.72. The quantitative estimate of drug-likeness (QED) is 0.562. The number of aromatic nitrogens is 2. The third kappa shape index (κ3) is 5.27. The zero-order valence-corrected chi connectivity index (χ0v) is 13.4. The molecule has 1 aromatic heterocycles. The van der Waals surface area contributed by atoms with Gasteiger partial charge in [0.25, 0.3) is 0 Å². The Morgan fingerprint density at radius 1 is 1.41 bits per heavy atom. The predicted molar refractivity (Wildman–Crippen MR) is 78.3 cm³/mol. The van der Waals surface area contributed by atoms with Crippen LogP contribution in [0.25, 0.3) is 0 Å². The third-order valence-corrected chi connectivity index (χ3v) is 4.98. The highest BCUT2D eigenvalue weighted by Gasteiger charge is 2.12. The summed E-state index contributed by atoms with van der Waals surface area (Å²) in [5.41, 5.74) is 2.40. The third-order valence-electron chi connectivity index (χ3n) is 2.71. The molecule has 0 aromatic carbocycles. The van der Waals surface area contributed by atoms with Crippen molar-refractivity contribution < 1.29 is 4.74 Å². The number of hydrogen-bond donors (Lipinski definition) is 0. The van der Waals surface area contributed by atoms with Crippen molar-refractivity contribution in [2.45, 2.75) is 45.1 Å². The first kappa shape index (κ1) is 14.8. The van der Waals surface area contributed by atoms with Crippen LogP contribution in [0.3, 0.4) is 0 Å². The minimum absolute atomic E-state index is 0.637. The predicted octanol–water partition coefficient (Wildman–Crippen LogP) is 3.37. The van der Waals surface area contributed by atoms with Gasteiger partial charge in [-0.15, -0.1) is 0 Å². The maximum Gasteiger partial charge on any atom is 0.123 e. The Kier molecular flexibility index (Phi) is 5.75. The molecule has 1 rings (SSSR count). The molecule has 0 saturated carbocycles. The van der Waals surface area contributed by atoms with Gasteiger partial charge in [0.1, 0.15) is 6.73 Å². The molecule has 0 atom stereocenters. The van der Waals surface area contributed by atoms with Gasteiger partial charge in [-0.3, -0.25) is 0 Å². The van der Waals surface area contributed by atoms with E-state index in [0.717, 1.165) is 12.4 Å². The molecule has 0 aliphatic rings. The number of hydrogen-bond acceptors (Lipinski definition) is 3. The van der Waals surface area contributed by atoms with E-state index in [0.29, 0.717) is 6.73 Å². The molecule has 0 spiro atoms. The summed E-state index contributed by atoms with van der Waals surface area (Å²) >= 11 is 1.80. The molecule has 0 radical (unpaired) electrons. The van der Waals surface area contributed by atoms with Crippen molar-refractivity contribution in [3.63, 3.8) is 0 Å². The molecule has 5 heteroatoms. The molecule has 3 nitrogen and oxygen atoms in total. The van der Waals surface area contributed by atoms with Crippen LogP contribution in [-0.2, 0) is 17.2 Å². The molecule has 0 aliphatic carbocycles. The van der Waals surface area contributed by atoms with Crippen LogP contribution in [0, 0.1) is 6.92 Å². The average molecular weight is 272 g/mol. The van der Waals surface area contributed by atoms with Crippen molar-refractivity contribution in [2.24, 2.45) is 0 Å². The second kappa shape index (κ2) is 6.61. The lowest BCUT2D eigenvalue weighted by Gasteiger charge is -2.15. The van der Waals surface area contributed by atoms with Crippen molar-refractivity contribution in [3.05, 3.63) is 17.7 Å². The summed E-state index contributed by atoms with van der Waals surface area (Å²) in [4.78, 5) is 4.40. The highest BCUT2D eigenvalue weighted by atomic mass is 32.2. The van der Waals surface area contributed by atoms with Crippen LogP contribution in [-0.4, -0.2) is 30.5 Å². The summed E-state index contributed by atoms with van der Waals surface area (Å²) < 4.78 is 7.81. The van der Waals surface area contributed by atoms with Gasteiger partial charge < -0.3 is 9.30 Å². The van der Waals surface area contributed by atoms with Gasteiger partial charge in [-0.2, -0.15) is 11.8 Å². The summed E-state index contributed by atoms with van der Waals surface area (Å²) in [6, 6.07) is 1.22. The monoisotopic (exact) mass is 272 g/mol. The van der Waals surface area contributed by atoms with E-state index in [9.17, 15) is 0 Å². The maximum atomic E-state index is 5.72. The minimum Gasteiger partial charge on any atom is -0.361 e. The van der Waals surface area contributed by atoms with Crippen LogP contribution in [0.4, 0.5) is 0 Å². The number of ether oxygens (including phenoxy) is 1. The molecular weight excluding hydrogens is 248 g/mol. The van der Waals surface area contributed by atoms with Crippen LogP contribution in [0.5, 0.6) is 0 Å². The zero-order chi connectivity index (χ0) is 12.9. The van der Waals surface area contributed by atoms with Gasteiger partial charge in [-0.25, -0.2) is 4.98 Å². The van der Waals surface area contributed by atoms with Crippen molar-refractivity contribution >= 4 is 19.8 Å². The minimum atomic E-state index is -0.970. The van der Waals surface area contributed by atoms with E-state index in [2.05, 4.69) is 42.4 Å².